The molecule has 1 amide bonds. The summed E-state index contributed by atoms with van der Waals surface area (Å²) in [6.07, 6.45) is 56.9. The zero-order valence-corrected chi connectivity index (χ0v) is 39.0. The van der Waals surface area contributed by atoms with Crippen LogP contribution in [0.15, 0.2) is 72.9 Å². The van der Waals surface area contributed by atoms with Crippen molar-refractivity contribution in [1.29, 1.82) is 0 Å². The molecular formula is C50H88NO8P. The summed E-state index contributed by atoms with van der Waals surface area (Å²) in [4.78, 5) is 34.0. The topological polar surface area (TPSA) is 131 Å². The summed E-state index contributed by atoms with van der Waals surface area (Å²) in [5.74, 6) is -0.538. The Bertz CT molecular complexity index is 1210. The van der Waals surface area contributed by atoms with Crippen LogP contribution in [0.25, 0.3) is 0 Å². The molecule has 2 atom stereocenters. The standard InChI is InChI=1S/C50H88NO8P/c1-3-5-7-9-11-13-15-17-19-21-22-23-24-25-26-27-29-31-33-35-37-39-41-43-50(54)57-46-48(52)47-59-60(55,56)58-45-44-51-49(53)42-40-38-36-34-32-30-28-20-18-16-14-12-10-8-6-4-2/h5,7,11,13,17,19-20,22-23,25-26,28,48,52H,3-4,6,8-10,12,14-16,18,21,24,27,29-47H2,1-2H3,(H,51,53)(H,55,56)/b7-5-,13-11-,19-17-,23-22-,26-25-,28-20-. The van der Waals surface area contributed by atoms with E-state index in [9.17, 15) is 24.2 Å². The number of hydrogen-bond acceptors (Lipinski definition) is 7. The summed E-state index contributed by atoms with van der Waals surface area (Å²) in [6, 6.07) is 0. The highest BCUT2D eigenvalue weighted by Gasteiger charge is 2.23. The van der Waals surface area contributed by atoms with Crippen molar-refractivity contribution in [3.63, 3.8) is 0 Å². The highest BCUT2D eigenvalue weighted by Crippen LogP contribution is 2.42. The molecular weight excluding hydrogens is 774 g/mol. The molecule has 0 aromatic heterocycles. The van der Waals surface area contributed by atoms with Gasteiger partial charge in [0, 0.05) is 19.4 Å². The van der Waals surface area contributed by atoms with E-state index in [1.165, 1.54) is 77.0 Å². The van der Waals surface area contributed by atoms with Crippen LogP contribution in [-0.2, 0) is 27.9 Å². The van der Waals surface area contributed by atoms with Crippen LogP contribution >= 0.6 is 7.82 Å². The fourth-order valence-electron chi connectivity index (χ4n) is 6.28. The third kappa shape index (κ3) is 46.5. The average molecular weight is 862 g/mol. The first-order valence-corrected chi connectivity index (χ1v) is 25.4. The minimum atomic E-state index is -4.43. The average Bonchev–Trinajstić information content (AvgIpc) is 3.23. The number of unbranched alkanes of at least 4 members (excludes halogenated alkanes) is 19. The number of allylic oxidation sites excluding steroid dienone is 12. The second-order valence-electron chi connectivity index (χ2n) is 15.7. The van der Waals surface area contributed by atoms with Gasteiger partial charge in [-0.3, -0.25) is 18.6 Å². The Hall–Kier alpha value is -2.55. The molecule has 0 aliphatic carbocycles. The first-order valence-electron chi connectivity index (χ1n) is 23.9. The lowest BCUT2D eigenvalue weighted by atomic mass is 10.1. The van der Waals surface area contributed by atoms with Gasteiger partial charge in [0.05, 0.1) is 13.2 Å². The molecule has 3 N–H and O–H groups in total. The summed E-state index contributed by atoms with van der Waals surface area (Å²) >= 11 is 0. The number of rotatable bonds is 44. The van der Waals surface area contributed by atoms with Gasteiger partial charge < -0.3 is 20.1 Å². The molecule has 0 aromatic carbocycles. The van der Waals surface area contributed by atoms with E-state index in [0.717, 1.165) is 96.3 Å². The van der Waals surface area contributed by atoms with Crippen molar-refractivity contribution in [3.8, 4) is 0 Å². The van der Waals surface area contributed by atoms with Gasteiger partial charge in [-0.15, -0.1) is 0 Å². The number of carbonyl (C=O) groups is 2. The molecule has 0 radical (unpaired) electrons. The van der Waals surface area contributed by atoms with E-state index in [-0.39, 0.29) is 32.1 Å². The number of carbonyl (C=O) groups excluding carboxylic acids is 2. The maximum absolute atomic E-state index is 12.1. The minimum absolute atomic E-state index is 0.0733. The van der Waals surface area contributed by atoms with Gasteiger partial charge in [-0.2, -0.15) is 0 Å². The number of esters is 1. The molecule has 0 saturated heterocycles. The Labute approximate surface area is 367 Å². The maximum Gasteiger partial charge on any atom is 0.472 e. The van der Waals surface area contributed by atoms with Gasteiger partial charge in [0.25, 0.3) is 0 Å². The summed E-state index contributed by atoms with van der Waals surface area (Å²) in [7, 11) is -4.43. The Balaban J connectivity index is 3.63. The van der Waals surface area contributed by atoms with Crippen LogP contribution < -0.4 is 5.32 Å². The van der Waals surface area contributed by atoms with Crippen molar-refractivity contribution < 1.29 is 37.9 Å². The number of aliphatic hydroxyl groups is 1. The van der Waals surface area contributed by atoms with E-state index in [1.54, 1.807) is 0 Å². The van der Waals surface area contributed by atoms with Crippen molar-refractivity contribution in [2.75, 3.05) is 26.4 Å². The van der Waals surface area contributed by atoms with Crippen LogP contribution in [0.1, 0.15) is 200 Å². The van der Waals surface area contributed by atoms with Gasteiger partial charge in [0.15, 0.2) is 0 Å². The molecule has 0 heterocycles. The fraction of sp³-hybridized carbons (Fsp3) is 0.720. The summed E-state index contributed by atoms with van der Waals surface area (Å²) in [6.45, 7) is 3.42. The highest BCUT2D eigenvalue weighted by molar-refractivity contribution is 7.47. The predicted octanol–water partition coefficient (Wildman–Crippen LogP) is 13.8. The summed E-state index contributed by atoms with van der Waals surface area (Å²) in [5.41, 5.74) is 0. The molecule has 346 valence electrons. The highest BCUT2D eigenvalue weighted by atomic mass is 31.2. The lowest BCUT2D eigenvalue weighted by molar-refractivity contribution is -0.147. The third-order valence-corrected chi connectivity index (χ3v) is 10.9. The van der Waals surface area contributed by atoms with E-state index < -0.39 is 26.5 Å². The smallest absolute Gasteiger partial charge is 0.463 e. The number of nitrogens with one attached hydrogen (secondary N) is 1. The number of amides is 1. The first-order chi connectivity index (χ1) is 29.3. The molecule has 0 rings (SSSR count). The molecule has 0 aromatic rings. The molecule has 9 nitrogen and oxygen atoms in total. The van der Waals surface area contributed by atoms with Crippen LogP contribution in [0.4, 0.5) is 0 Å². The zero-order valence-electron chi connectivity index (χ0n) is 38.1. The Morgan fingerprint density at radius 3 is 1.45 bits per heavy atom. The number of phosphoric acid groups is 1. The predicted molar refractivity (Wildman–Crippen MR) is 252 cm³/mol. The Morgan fingerprint density at radius 2 is 0.950 bits per heavy atom. The molecule has 0 aliphatic heterocycles. The number of ether oxygens (including phenoxy) is 1. The van der Waals surface area contributed by atoms with Crippen molar-refractivity contribution in [1.82, 2.24) is 5.32 Å². The molecule has 0 fully saturated rings. The minimum Gasteiger partial charge on any atom is -0.463 e. The zero-order chi connectivity index (χ0) is 43.9. The van der Waals surface area contributed by atoms with Crippen molar-refractivity contribution >= 4 is 19.7 Å². The quantitative estimate of drug-likeness (QED) is 0.0239. The lowest BCUT2D eigenvalue weighted by Gasteiger charge is -2.15. The second kappa shape index (κ2) is 46.0. The number of hydrogen-bond donors (Lipinski definition) is 3. The molecule has 0 saturated carbocycles. The SMILES string of the molecule is CC/C=C\C/C=C\C/C=C\C/C=C\C/C=C\CCCCCCCCCC(=O)OCC(O)COP(=O)(O)OCCNC(=O)CCCCCCC/C=C\CCCCCCCCC. The van der Waals surface area contributed by atoms with Gasteiger partial charge in [0.1, 0.15) is 12.7 Å². The van der Waals surface area contributed by atoms with E-state index in [0.29, 0.717) is 6.42 Å². The molecule has 10 heteroatoms. The number of aliphatic hydroxyl groups excluding tert-OH is 1. The fourth-order valence-corrected chi connectivity index (χ4v) is 7.04. The lowest BCUT2D eigenvalue weighted by Crippen LogP contribution is -2.27. The van der Waals surface area contributed by atoms with Crippen LogP contribution in [-0.4, -0.2) is 54.3 Å². The van der Waals surface area contributed by atoms with Gasteiger partial charge >= 0.3 is 13.8 Å². The van der Waals surface area contributed by atoms with Gasteiger partial charge in [-0.25, -0.2) is 4.57 Å². The number of phosphoric ester groups is 1. The summed E-state index contributed by atoms with van der Waals surface area (Å²) in [5, 5.41) is 12.7. The van der Waals surface area contributed by atoms with Crippen molar-refractivity contribution in [2.45, 2.75) is 206 Å². The maximum atomic E-state index is 12.1. The Morgan fingerprint density at radius 1 is 0.533 bits per heavy atom. The molecule has 60 heavy (non-hydrogen) atoms. The monoisotopic (exact) mass is 862 g/mol. The first kappa shape index (κ1) is 57.4. The van der Waals surface area contributed by atoms with Crippen LogP contribution in [0.2, 0.25) is 0 Å². The van der Waals surface area contributed by atoms with Crippen LogP contribution in [0.3, 0.4) is 0 Å². The van der Waals surface area contributed by atoms with Crippen molar-refractivity contribution in [2.24, 2.45) is 0 Å². The Kier molecular flexibility index (Phi) is 44.0. The van der Waals surface area contributed by atoms with Crippen LogP contribution in [0.5, 0.6) is 0 Å². The van der Waals surface area contributed by atoms with E-state index in [4.69, 9.17) is 13.8 Å². The second-order valence-corrected chi connectivity index (χ2v) is 17.1. The normalized spacial score (nSPS) is 13.9. The van der Waals surface area contributed by atoms with Gasteiger partial charge in [-0.1, -0.05) is 177 Å². The van der Waals surface area contributed by atoms with E-state index in [2.05, 4.69) is 92.1 Å². The molecule has 0 bridgehead atoms. The summed E-state index contributed by atoms with van der Waals surface area (Å²) < 4.78 is 26.9. The largest absolute Gasteiger partial charge is 0.472 e. The molecule has 0 spiro atoms. The third-order valence-electron chi connectivity index (χ3n) is 9.87. The van der Waals surface area contributed by atoms with Crippen molar-refractivity contribution in [3.05, 3.63) is 72.9 Å². The molecule has 0 aliphatic rings. The van der Waals surface area contributed by atoms with E-state index in [1.807, 2.05) is 0 Å². The van der Waals surface area contributed by atoms with E-state index >= 15 is 0 Å². The molecule has 2 unspecified atom stereocenters. The van der Waals surface area contributed by atoms with Gasteiger partial charge in [-0.05, 0) is 83.5 Å². The van der Waals surface area contributed by atoms with Gasteiger partial charge in [0.2, 0.25) is 5.91 Å². The van der Waals surface area contributed by atoms with Crippen LogP contribution in [0, 0.1) is 0 Å².